The van der Waals surface area contributed by atoms with Crippen LogP contribution in [0.25, 0.3) is 0 Å². The molecule has 122 valence electrons. The molecular formula is C18H35N3. The maximum absolute atomic E-state index is 3.64. The Morgan fingerprint density at radius 1 is 0.905 bits per heavy atom. The number of rotatable bonds is 5. The van der Waals surface area contributed by atoms with E-state index in [2.05, 4.69) is 22.2 Å². The van der Waals surface area contributed by atoms with Gasteiger partial charge in [-0.2, -0.15) is 0 Å². The Morgan fingerprint density at radius 2 is 1.62 bits per heavy atom. The van der Waals surface area contributed by atoms with Crippen LogP contribution in [0.1, 0.15) is 57.8 Å². The molecule has 0 aromatic rings. The van der Waals surface area contributed by atoms with Crippen molar-refractivity contribution in [2.75, 3.05) is 39.8 Å². The van der Waals surface area contributed by atoms with Crippen LogP contribution in [0, 0.1) is 5.92 Å². The average molecular weight is 293 g/mol. The third kappa shape index (κ3) is 4.20. The number of likely N-dealkylation sites (N-methyl/N-ethyl adjacent to an activating group) is 1. The lowest BCUT2D eigenvalue weighted by Crippen LogP contribution is -2.46. The van der Waals surface area contributed by atoms with E-state index >= 15 is 0 Å². The summed E-state index contributed by atoms with van der Waals surface area (Å²) in [7, 11) is 2.18. The molecule has 3 aliphatic rings. The summed E-state index contributed by atoms with van der Waals surface area (Å²) in [5, 5.41) is 3.64. The first kappa shape index (κ1) is 15.8. The second kappa shape index (κ2) is 7.94. The van der Waals surface area contributed by atoms with Crippen LogP contribution in [-0.4, -0.2) is 61.7 Å². The smallest absolute Gasteiger partial charge is 0.0235 e. The highest BCUT2D eigenvalue weighted by Gasteiger charge is 2.31. The van der Waals surface area contributed by atoms with Crippen LogP contribution in [0.15, 0.2) is 0 Å². The van der Waals surface area contributed by atoms with Gasteiger partial charge >= 0.3 is 0 Å². The Balaban J connectivity index is 1.46. The van der Waals surface area contributed by atoms with E-state index in [1.54, 1.807) is 0 Å². The zero-order chi connectivity index (χ0) is 14.5. The monoisotopic (exact) mass is 293 g/mol. The quantitative estimate of drug-likeness (QED) is 0.841. The number of nitrogens with one attached hydrogen (secondary N) is 1. The number of likely N-dealkylation sites (tertiary alicyclic amines) is 2. The standard InChI is InChI=1S/C18H35N3/c1-19-18(16-8-4-2-5-9-16)15-20-13-10-17(14-20)21-11-6-3-7-12-21/h16-19H,2-15H2,1H3. The van der Waals surface area contributed by atoms with Crippen LogP contribution in [0.5, 0.6) is 0 Å². The normalized spacial score (nSPS) is 31.6. The minimum atomic E-state index is 0.727. The highest BCUT2D eigenvalue weighted by molar-refractivity contribution is 4.88. The summed E-state index contributed by atoms with van der Waals surface area (Å²) < 4.78 is 0. The summed E-state index contributed by atoms with van der Waals surface area (Å²) in [6.07, 6.45) is 13.0. The van der Waals surface area contributed by atoms with E-state index < -0.39 is 0 Å². The summed E-state index contributed by atoms with van der Waals surface area (Å²) in [5.74, 6) is 0.929. The fraction of sp³-hybridized carbons (Fsp3) is 1.00. The minimum Gasteiger partial charge on any atom is -0.315 e. The van der Waals surface area contributed by atoms with Crippen LogP contribution in [0.3, 0.4) is 0 Å². The largest absolute Gasteiger partial charge is 0.315 e. The van der Waals surface area contributed by atoms with Gasteiger partial charge in [0, 0.05) is 25.2 Å². The molecule has 1 N–H and O–H groups in total. The van der Waals surface area contributed by atoms with Crippen molar-refractivity contribution in [3.63, 3.8) is 0 Å². The maximum Gasteiger partial charge on any atom is 0.0235 e. The highest BCUT2D eigenvalue weighted by Crippen LogP contribution is 2.28. The van der Waals surface area contributed by atoms with E-state index in [-0.39, 0.29) is 0 Å². The Kier molecular flexibility index (Phi) is 5.96. The SMILES string of the molecule is CNC(CN1CCC(N2CCCCC2)C1)C1CCCCC1. The summed E-state index contributed by atoms with van der Waals surface area (Å²) in [4.78, 5) is 5.52. The maximum atomic E-state index is 3.64. The van der Waals surface area contributed by atoms with E-state index in [0.717, 1.165) is 18.0 Å². The molecule has 0 amide bonds. The number of nitrogens with zero attached hydrogens (tertiary/aromatic N) is 2. The molecule has 1 saturated carbocycles. The minimum absolute atomic E-state index is 0.727. The number of piperidine rings is 1. The fourth-order valence-corrected chi connectivity index (χ4v) is 4.85. The molecule has 0 radical (unpaired) electrons. The van der Waals surface area contributed by atoms with Crippen LogP contribution in [0.4, 0.5) is 0 Å². The zero-order valence-corrected chi connectivity index (χ0v) is 14.0. The molecule has 21 heavy (non-hydrogen) atoms. The van der Waals surface area contributed by atoms with Gasteiger partial charge in [0.1, 0.15) is 0 Å². The van der Waals surface area contributed by atoms with Crippen molar-refractivity contribution in [3.05, 3.63) is 0 Å². The molecule has 3 fully saturated rings. The second-order valence-corrected chi connectivity index (χ2v) is 7.59. The summed E-state index contributed by atoms with van der Waals surface area (Å²) in [5.41, 5.74) is 0. The summed E-state index contributed by atoms with van der Waals surface area (Å²) in [6.45, 7) is 6.65. The Morgan fingerprint density at radius 3 is 2.33 bits per heavy atom. The molecular weight excluding hydrogens is 258 g/mol. The molecule has 2 atom stereocenters. The van der Waals surface area contributed by atoms with Gasteiger partial charge in [-0.25, -0.2) is 0 Å². The van der Waals surface area contributed by atoms with Gasteiger partial charge in [0.05, 0.1) is 0 Å². The Bertz CT molecular complexity index is 295. The highest BCUT2D eigenvalue weighted by atomic mass is 15.3. The van der Waals surface area contributed by atoms with E-state index in [1.165, 1.54) is 90.5 Å². The van der Waals surface area contributed by atoms with Gasteiger partial charge in [0.2, 0.25) is 0 Å². The van der Waals surface area contributed by atoms with E-state index in [4.69, 9.17) is 0 Å². The van der Waals surface area contributed by atoms with Crippen molar-refractivity contribution in [1.29, 1.82) is 0 Å². The van der Waals surface area contributed by atoms with E-state index in [9.17, 15) is 0 Å². The van der Waals surface area contributed by atoms with E-state index in [0.29, 0.717) is 0 Å². The molecule has 0 aromatic carbocycles. The van der Waals surface area contributed by atoms with Crippen molar-refractivity contribution >= 4 is 0 Å². The summed E-state index contributed by atoms with van der Waals surface area (Å²) in [6, 6.07) is 1.58. The molecule has 0 aromatic heterocycles. The number of hydrogen-bond acceptors (Lipinski definition) is 3. The van der Waals surface area contributed by atoms with Crippen molar-refractivity contribution in [2.24, 2.45) is 5.92 Å². The summed E-state index contributed by atoms with van der Waals surface area (Å²) >= 11 is 0. The predicted molar refractivity (Wildman–Crippen MR) is 89.7 cm³/mol. The molecule has 2 unspecified atom stereocenters. The lowest BCUT2D eigenvalue weighted by molar-refractivity contribution is 0.154. The van der Waals surface area contributed by atoms with Crippen molar-refractivity contribution in [3.8, 4) is 0 Å². The van der Waals surface area contributed by atoms with Crippen LogP contribution >= 0.6 is 0 Å². The molecule has 2 saturated heterocycles. The third-order valence-corrected chi connectivity index (χ3v) is 6.20. The lowest BCUT2D eigenvalue weighted by atomic mass is 9.83. The molecule has 0 bridgehead atoms. The van der Waals surface area contributed by atoms with Crippen molar-refractivity contribution in [1.82, 2.24) is 15.1 Å². The van der Waals surface area contributed by atoms with Gasteiger partial charge in [-0.1, -0.05) is 25.7 Å². The first-order chi connectivity index (χ1) is 10.4. The van der Waals surface area contributed by atoms with Crippen molar-refractivity contribution in [2.45, 2.75) is 69.9 Å². The Labute approximate surface area is 131 Å². The molecule has 3 rings (SSSR count). The average Bonchev–Trinajstić information content (AvgIpc) is 3.03. The second-order valence-electron chi connectivity index (χ2n) is 7.59. The first-order valence-electron chi connectivity index (χ1n) is 9.50. The number of hydrogen-bond donors (Lipinski definition) is 1. The van der Waals surface area contributed by atoms with Gasteiger partial charge in [0.15, 0.2) is 0 Å². The Hall–Kier alpha value is -0.120. The van der Waals surface area contributed by atoms with Crippen LogP contribution in [-0.2, 0) is 0 Å². The molecule has 0 spiro atoms. The van der Waals surface area contributed by atoms with Gasteiger partial charge in [-0.05, 0) is 64.7 Å². The topological polar surface area (TPSA) is 18.5 Å². The van der Waals surface area contributed by atoms with Gasteiger partial charge in [-0.3, -0.25) is 4.90 Å². The molecule has 3 heteroatoms. The fourth-order valence-electron chi connectivity index (χ4n) is 4.85. The molecule has 2 heterocycles. The molecule has 1 aliphatic carbocycles. The predicted octanol–water partition coefficient (Wildman–Crippen LogP) is 2.71. The van der Waals surface area contributed by atoms with Gasteiger partial charge in [-0.15, -0.1) is 0 Å². The van der Waals surface area contributed by atoms with Crippen LogP contribution < -0.4 is 5.32 Å². The third-order valence-electron chi connectivity index (χ3n) is 6.20. The first-order valence-corrected chi connectivity index (χ1v) is 9.50. The van der Waals surface area contributed by atoms with Crippen LogP contribution in [0.2, 0.25) is 0 Å². The molecule has 2 aliphatic heterocycles. The lowest BCUT2D eigenvalue weighted by Gasteiger charge is -2.34. The van der Waals surface area contributed by atoms with E-state index in [1.807, 2.05) is 0 Å². The molecule has 3 nitrogen and oxygen atoms in total. The van der Waals surface area contributed by atoms with Crippen molar-refractivity contribution < 1.29 is 0 Å². The zero-order valence-electron chi connectivity index (χ0n) is 14.0. The van der Waals surface area contributed by atoms with Gasteiger partial charge < -0.3 is 10.2 Å². The van der Waals surface area contributed by atoms with Gasteiger partial charge in [0.25, 0.3) is 0 Å².